The molecule has 1 saturated heterocycles. The summed E-state index contributed by atoms with van der Waals surface area (Å²) in [6.45, 7) is 3.13. The topological polar surface area (TPSA) is 35.2 Å². The van der Waals surface area contributed by atoms with E-state index in [1.165, 1.54) is 18.4 Å². The van der Waals surface area contributed by atoms with Crippen LogP contribution in [0.4, 0.5) is 0 Å². The van der Waals surface area contributed by atoms with Crippen molar-refractivity contribution in [2.45, 2.75) is 57.1 Å². The lowest BCUT2D eigenvalue weighted by molar-refractivity contribution is 0.0954. The minimum Gasteiger partial charge on any atom is -0.378 e. The van der Waals surface area contributed by atoms with Crippen LogP contribution in [0.5, 0.6) is 0 Å². The Kier molecular flexibility index (Phi) is 4.79. The van der Waals surface area contributed by atoms with Gasteiger partial charge in [-0.1, -0.05) is 37.3 Å². The van der Waals surface area contributed by atoms with Crippen molar-refractivity contribution >= 4 is 0 Å². The first-order valence-electron chi connectivity index (χ1n) is 7.16. The zero-order valence-electron chi connectivity index (χ0n) is 11.4. The molecule has 1 aliphatic rings. The first-order chi connectivity index (χ1) is 8.72. The van der Waals surface area contributed by atoms with Crippen LogP contribution in [-0.2, 0) is 11.2 Å². The fourth-order valence-electron chi connectivity index (χ4n) is 2.71. The summed E-state index contributed by atoms with van der Waals surface area (Å²) in [6, 6.07) is 10.6. The smallest absolute Gasteiger partial charge is 0.0576 e. The van der Waals surface area contributed by atoms with Gasteiger partial charge < -0.3 is 10.5 Å². The van der Waals surface area contributed by atoms with Crippen molar-refractivity contribution in [2.75, 3.05) is 6.61 Å². The average molecular weight is 247 g/mol. The third-order valence-corrected chi connectivity index (χ3v) is 4.09. The molecule has 2 rings (SSSR count). The highest BCUT2D eigenvalue weighted by atomic mass is 16.5. The van der Waals surface area contributed by atoms with Gasteiger partial charge in [0.25, 0.3) is 0 Å². The summed E-state index contributed by atoms with van der Waals surface area (Å²) in [4.78, 5) is 0. The Balaban J connectivity index is 1.88. The molecule has 1 aliphatic heterocycles. The zero-order chi connectivity index (χ0) is 12.8. The lowest BCUT2D eigenvalue weighted by atomic mass is 9.84. The average Bonchev–Trinajstić information content (AvgIpc) is 2.91. The van der Waals surface area contributed by atoms with E-state index in [9.17, 15) is 0 Å². The number of rotatable bonds is 6. The van der Waals surface area contributed by atoms with Crippen LogP contribution in [0.25, 0.3) is 0 Å². The molecule has 0 saturated carbocycles. The Morgan fingerprint density at radius 2 is 2.11 bits per heavy atom. The van der Waals surface area contributed by atoms with Crippen LogP contribution in [0.2, 0.25) is 0 Å². The second-order valence-corrected chi connectivity index (χ2v) is 5.55. The van der Waals surface area contributed by atoms with Gasteiger partial charge in [0.15, 0.2) is 0 Å². The third kappa shape index (κ3) is 3.82. The summed E-state index contributed by atoms with van der Waals surface area (Å²) in [7, 11) is 0. The van der Waals surface area contributed by atoms with Crippen LogP contribution in [0, 0.1) is 0 Å². The monoisotopic (exact) mass is 247 g/mol. The third-order valence-electron chi connectivity index (χ3n) is 4.09. The molecule has 0 aliphatic carbocycles. The predicted octanol–water partition coefficient (Wildman–Crippen LogP) is 3.30. The molecule has 18 heavy (non-hydrogen) atoms. The predicted molar refractivity (Wildman–Crippen MR) is 75.6 cm³/mol. The normalized spacial score (nSPS) is 22.9. The molecule has 0 spiro atoms. The van der Waals surface area contributed by atoms with E-state index in [4.69, 9.17) is 10.5 Å². The molecule has 100 valence electrons. The van der Waals surface area contributed by atoms with Gasteiger partial charge in [-0.15, -0.1) is 0 Å². The Morgan fingerprint density at radius 1 is 1.33 bits per heavy atom. The summed E-state index contributed by atoms with van der Waals surface area (Å²) in [5.74, 6) is 0. The van der Waals surface area contributed by atoms with Crippen molar-refractivity contribution in [3.63, 3.8) is 0 Å². The molecule has 1 fully saturated rings. The second-order valence-electron chi connectivity index (χ2n) is 5.55. The number of nitrogens with two attached hydrogens (primary N) is 1. The molecule has 1 heterocycles. The molecular weight excluding hydrogens is 222 g/mol. The molecule has 1 aromatic carbocycles. The van der Waals surface area contributed by atoms with Gasteiger partial charge in [-0.05, 0) is 44.1 Å². The fourth-order valence-corrected chi connectivity index (χ4v) is 2.71. The summed E-state index contributed by atoms with van der Waals surface area (Å²) in [5, 5.41) is 0. The van der Waals surface area contributed by atoms with E-state index in [1.807, 2.05) is 0 Å². The lowest BCUT2D eigenvalue weighted by Gasteiger charge is -2.29. The van der Waals surface area contributed by atoms with E-state index in [1.54, 1.807) is 0 Å². The fraction of sp³-hybridized carbons (Fsp3) is 0.625. The molecule has 0 bridgehead atoms. The van der Waals surface area contributed by atoms with E-state index in [0.717, 1.165) is 32.3 Å². The van der Waals surface area contributed by atoms with Crippen LogP contribution in [0.15, 0.2) is 30.3 Å². The van der Waals surface area contributed by atoms with Gasteiger partial charge >= 0.3 is 0 Å². The Bertz CT molecular complexity index is 345. The van der Waals surface area contributed by atoms with Crippen LogP contribution in [-0.4, -0.2) is 18.2 Å². The second kappa shape index (κ2) is 6.35. The Hall–Kier alpha value is -0.860. The van der Waals surface area contributed by atoms with Crippen LogP contribution >= 0.6 is 0 Å². The maximum Gasteiger partial charge on any atom is 0.0576 e. The molecule has 2 unspecified atom stereocenters. The molecule has 2 atom stereocenters. The maximum absolute atomic E-state index is 6.55. The van der Waals surface area contributed by atoms with Crippen molar-refractivity contribution in [3.05, 3.63) is 35.9 Å². The van der Waals surface area contributed by atoms with Crippen LogP contribution in [0.1, 0.15) is 44.6 Å². The van der Waals surface area contributed by atoms with E-state index in [2.05, 4.69) is 37.3 Å². The summed E-state index contributed by atoms with van der Waals surface area (Å²) < 4.78 is 5.69. The largest absolute Gasteiger partial charge is 0.378 e. The Morgan fingerprint density at radius 3 is 2.72 bits per heavy atom. The van der Waals surface area contributed by atoms with Gasteiger partial charge in [0.2, 0.25) is 0 Å². The number of ether oxygens (including phenoxy) is 1. The molecule has 0 radical (unpaired) electrons. The highest BCUT2D eigenvalue weighted by Gasteiger charge is 2.26. The molecule has 0 amide bonds. The summed E-state index contributed by atoms with van der Waals surface area (Å²) >= 11 is 0. The van der Waals surface area contributed by atoms with Crippen LogP contribution < -0.4 is 5.73 Å². The first-order valence-corrected chi connectivity index (χ1v) is 7.16. The minimum absolute atomic E-state index is 0.0761. The van der Waals surface area contributed by atoms with Gasteiger partial charge in [-0.25, -0.2) is 0 Å². The van der Waals surface area contributed by atoms with Gasteiger partial charge in [0.05, 0.1) is 6.10 Å². The molecular formula is C16H25NO. The van der Waals surface area contributed by atoms with Crippen molar-refractivity contribution in [1.82, 2.24) is 0 Å². The molecule has 1 aromatic rings. The van der Waals surface area contributed by atoms with Gasteiger partial charge in [0, 0.05) is 12.1 Å². The maximum atomic E-state index is 6.55. The zero-order valence-corrected chi connectivity index (χ0v) is 11.4. The van der Waals surface area contributed by atoms with E-state index in [-0.39, 0.29) is 5.54 Å². The summed E-state index contributed by atoms with van der Waals surface area (Å²) in [6.07, 6.45) is 7.04. The van der Waals surface area contributed by atoms with E-state index in [0.29, 0.717) is 6.10 Å². The van der Waals surface area contributed by atoms with Gasteiger partial charge in [-0.2, -0.15) is 0 Å². The van der Waals surface area contributed by atoms with Gasteiger partial charge in [-0.3, -0.25) is 0 Å². The quantitative estimate of drug-likeness (QED) is 0.837. The highest BCUT2D eigenvalue weighted by molar-refractivity contribution is 5.17. The van der Waals surface area contributed by atoms with E-state index >= 15 is 0 Å². The number of hydrogen-bond acceptors (Lipinski definition) is 2. The van der Waals surface area contributed by atoms with E-state index < -0.39 is 0 Å². The molecule has 2 N–H and O–H groups in total. The van der Waals surface area contributed by atoms with Crippen molar-refractivity contribution in [2.24, 2.45) is 5.73 Å². The lowest BCUT2D eigenvalue weighted by Crippen LogP contribution is -2.42. The SMILES string of the molecule is CCC(N)(CCC1CCCO1)Cc1ccccc1. The first kappa shape index (κ1) is 13.6. The number of benzene rings is 1. The van der Waals surface area contributed by atoms with Crippen molar-refractivity contribution in [3.8, 4) is 0 Å². The van der Waals surface area contributed by atoms with Crippen LogP contribution in [0.3, 0.4) is 0 Å². The minimum atomic E-state index is -0.0761. The molecule has 2 nitrogen and oxygen atoms in total. The highest BCUT2D eigenvalue weighted by Crippen LogP contribution is 2.25. The van der Waals surface area contributed by atoms with Crippen molar-refractivity contribution < 1.29 is 4.74 Å². The summed E-state index contributed by atoms with van der Waals surface area (Å²) in [5.41, 5.74) is 7.82. The molecule has 2 heteroatoms. The molecule has 0 aromatic heterocycles. The van der Waals surface area contributed by atoms with Crippen molar-refractivity contribution in [1.29, 1.82) is 0 Å². The Labute approximate surface area is 111 Å². The van der Waals surface area contributed by atoms with Gasteiger partial charge in [0.1, 0.15) is 0 Å². The number of hydrogen-bond donors (Lipinski definition) is 1. The standard InChI is InChI=1S/C16H25NO/c1-2-16(17,11-10-15-9-6-12-18-15)13-14-7-4-3-5-8-14/h3-5,7-8,15H,2,6,9-13,17H2,1H3.